The van der Waals surface area contributed by atoms with Crippen LogP contribution < -0.4 is 20.7 Å². The van der Waals surface area contributed by atoms with E-state index < -0.39 is 23.4 Å². The molecule has 196 valence electrons. The summed E-state index contributed by atoms with van der Waals surface area (Å²) in [6.07, 6.45) is 2.66. The van der Waals surface area contributed by atoms with Gasteiger partial charge in [0.2, 0.25) is 5.82 Å². The SMILES string of the molecule is COc1c(NC(=O)c2ccc(NCCNC(=O)OC(C)(C)C)c3oc(C)nc23)cn2cc(C)nc2c1F. The largest absolute Gasteiger partial charge is 0.491 e. The van der Waals surface area contributed by atoms with Crippen LogP contribution in [0.15, 0.2) is 28.9 Å². The third kappa shape index (κ3) is 5.57. The molecule has 0 atom stereocenters. The number of nitrogens with zero attached hydrogens (tertiary/aromatic N) is 3. The van der Waals surface area contributed by atoms with Crippen LogP contribution in [0.5, 0.6) is 5.75 Å². The first kappa shape index (κ1) is 25.7. The van der Waals surface area contributed by atoms with E-state index in [0.29, 0.717) is 41.5 Å². The lowest BCUT2D eigenvalue weighted by Crippen LogP contribution is -2.35. The quantitative estimate of drug-likeness (QED) is 0.310. The molecule has 0 unspecified atom stereocenters. The molecular weight excluding hydrogens is 483 g/mol. The molecule has 3 heterocycles. The van der Waals surface area contributed by atoms with E-state index >= 15 is 0 Å². The smallest absolute Gasteiger partial charge is 0.407 e. The van der Waals surface area contributed by atoms with Crippen LogP contribution in [0.2, 0.25) is 0 Å². The standard InChI is InChI=1S/C25H29FN6O5/c1-13-11-32-12-17(20(35-6)18(26)22(32)29-13)31-23(33)15-7-8-16(21-19(15)30-14(2)36-21)27-9-10-28-24(34)37-25(3,4)5/h7-8,11-12,27H,9-10H2,1-6H3,(H,28,34)(H,31,33). The molecule has 0 aliphatic carbocycles. The molecule has 12 heteroatoms. The van der Waals surface area contributed by atoms with Crippen LogP contribution in [0.1, 0.15) is 42.7 Å². The topological polar surface area (TPSA) is 132 Å². The zero-order chi connectivity index (χ0) is 26.9. The van der Waals surface area contributed by atoms with Crippen molar-refractivity contribution in [2.45, 2.75) is 40.2 Å². The number of anilines is 2. The van der Waals surface area contributed by atoms with Gasteiger partial charge >= 0.3 is 6.09 Å². The summed E-state index contributed by atoms with van der Waals surface area (Å²) in [4.78, 5) is 33.6. The van der Waals surface area contributed by atoms with Crippen molar-refractivity contribution in [2.75, 3.05) is 30.8 Å². The minimum absolute atomic E-state index is 0.0958. The first-order valence-electron chi connectivity index (χ1n) is 11.6. The molecule has 3 N–H and O–H groups in total. The fourth-order valence-corrected chi connectivity index (χ4v) is 3.78. The van der Waals surface area contributed by atoms with Crippen molar-refractivity contribution in [3.63, 3.8) is 0 Å². The van der Waals surface area contributed by atoms with E-state index in [2.05, 4.69) is 25.9 Å². The van der Waals surface area contributed by atoms with Crippen molar-refractivity contribution in [1.82, 2.24) is 19.7 Å². The molecule has 37 heavy (non-hydrogen) atoms. The summed E-state index contributed by atoms with van der Waals surface area (Å²) in [6.45, 7) is 9.44. The van der Waals surface area contributed by atoms with E-state index in [-0.39, 0.29) is 22.6 Å². The summed E-state index contributed by atoms with van der Waals surface area (Å²) >= 11 is 0. The van der Waals surface area contributed by atoms with E-state index in [1.54, 1.807) is 52.9 Å². The number of ether oxygens (including phenoxy) is 2. The lowest BCUT2D eigenvalue weighted by molar-refractivity contribution is 0.0530. The molecule has 0 bridgehead atoms. The van der Waals surface area contributed by atoms with Gasteiger partial charge in [-0.05, 0) is 39.8 Å². The van der Waals surface area contributed by atoms with Gasteiger partial charge in [0.15, 0.2) is 22.9 Å². The lowest BCUT2D eigenvalue weighted by atomic mass is 10.1. The molecule has 3 aromatic heterocycles. The molecule has 2 amide bonds. The number of rotatable bonds is 7. The number of aryl methyl sites for hydroxylation is 2. The van der Waals surface area contributed by atoms with Gasteiger partial charge in [-0.2, -0.15) is 4.39 Å². The van der Waals surface area contributed by atoms with E-state index in [1.807, 2.05) is 0 Å². The Morgan fingerprint density at radius 2 is 1.86 bits per heavy atom. The predicted octanol–water partition coefficient (Wildman–Crippen LogP) is 4.43. The van der Waals surface area contributed by atoms with Gasteiger partial charge in [0, 0.05) is 32.4 Å². The Morgan fingerprint density at radius 3 is 2.57 bits per heavy atom. The van der Waals surface area contributed by atoms with E-state index in [9.17, 15) is 14.0 Å². The number of amides is 2. The van der Waals surface area contributed by atoms with Gasteiger partial charge in [0.25, 0.3) is 5.91 Å². The maximum absolute atomic E-state index is 15.0. The summed E-state index contributed by atoms with van der Waals surface area (Å²) in [5.41, 5.74) is 1.80. The Labute approximate surface area is 212 Å². The molecule has 0 saturated heterocycles. The van der Waals surface area contributed by atoms with Crippen molar-refractivity contribution >= 4 is 40.1 Å². The van der Waals surface area contributed by atoms with Gasteiger partial charge in [-0.1, -0.05) is 0 Å². The van der Waals surface area contributed by atoms with Gasteiger partial charge in [-0.15, -0.1) is 0 Å². The van der Waals surface area contributed by atoms with Crippen LogP contribution in [0.25, 0.3) is 16.7 Å². The van der Waals surface area contributed by atoms with Crippen molar-refractivity contribution in [1.29, 1.82) is 0 Å². The molecule has 0 fully saturated rings. The van der Waals surface area contributed by atoms with E-state index in [1.165, 1.54) is 17.7 Å². The number of aromatic nitrogens is 3. The second kappa shape index (κ2) is 9.96. The van der Waals surface area contributed by atoms with Crippen LogP contribution in [0, 0.1) is 19.7 Å². The molecule has 11 nitrogen and oxygen atoms in total. The molecule has 0 aliphatic heterocycles. The second-order valence-corrected chi connectivity index (χ2v) is 9.38. The number of fused-ring (bicyclic) bond motifs is 2. The fourth-order valence-electron chi connectivity index (χ4n) is 3.78. The summed E-state index contributed by atoms with van der Waals surface area (Å²) in [6, 6.07) is 3.27. The van der Waals surface area contributed by atoms with Crippen LogP contribution in [0.4, 0.5) is 20.6 Å². The first-order valence-corrected chi connectivity index (χ1v) is 11.6. The predicted molar refractivity (Wildman–Crippen MR) is 136 cm³/mol. The lowest BCUT2D eigenvalue weighted by Gasteiger charge is -2.19. The van der Waals surface area contributed by atoms with Crippen LogP contribution in [-0.2, 0) is 4.74 Å². The van der Waals surface area contributed by atoms with E-state index in [4.69, 9.17) is 13.9 Å². The number of oxazole rings is 1. The Kier molecular flexibility index (Phi) is 6.92. The normalized spacial score (nSPS) is 11.5. The van der Waals surface area contributed by atoms with Crippen molar-refractivity contribution in [2.24, 2.45) is 0 Å². The van der Waals surface area contributed by atoms with Gasteiger partial charge < -0.3 is 34.2 Å². The number of nitrogens with one attached hydrogen (secondary N) is 3. The molecule has 4 aromatic rings. The molecular formula is C25H29FN6O5. The van der Waals surface area contributed by atoms with Crippen LogP contribution in [0.3, 0.4) is 0 Å². The minimum Gasteiger partial charge on any atom is -0.491 e. The average Bonchev–Trinajstić information content (AvgIpc) is 3.37. The molecule has 0 saturated carbocycles. The van der Waals surface area contributed by atoms with Gasteiger partial charge in [-0.3, -0.25) is 4.79 Å². The maximum Gasteiger partial charge on any atom is 0.407 e. The summed E-state index contributed by atoms with van der Waals surface area (Å²) < 4.78 is 32.6. The van der Waals surface area contributed by atoms with Crippen molar-refractivity contribution in [3.8, 4) is 5.75 Å². The molecule has 0 aliphatic rings. The number of imidazole rings is 1. The molecule has 4 rings (SSSR count). The number of halogens is 1. The number of hydrogen-bond donors (Lipinski definition) is 3. The van der Waals surface area contributed by atoms with Gasteiger partial charge in [-0.25, -0.2) is 14.8 Å². The average molecular weight is 513 g/mol. The highest BCUT2D eigenvalue weighted by Crippen LogP contribution is 2.32. The Hall–Kier alpha value is -4.35. The number of hydrogen-bond acceptors (Lipinski definition) is 8. The highest BCUT2D eigenvalue weighted by Gasteiger charge is 2.22. The minimum atomic E-state index is -0.685. The molecule has 0 radical (unpaired) electrons. The fraction of sp³-hybridized carbons (Fsp3) is 0.360. The molecule has 0 spiro atoms. The highest BCUT2D eigenvalue weighted by atomic mass is 19.1. The second-order valence-electron chi connectivity index (χ2n) is 9.38. The summed E-state index contributed by atoms with van der Waals surface area (Å²) in [5, 5.41) is 8.54. The zero-order valence-electron chi connectivity index (χ0n) is 21.5. The van der Waals surface area contributed by atoms with E-state index in [0.717, 1.165) is 0 Å². The summed E-state index contributed by atoms with van der Waals surface area (Å²) in [7, 11) is 1.32. The number of alkyl carbamates (subject to hydrolysis) is 1. The third-order valence-corrected chi connectivity index (χ3v) is 5.22. The number of methoxy groups -OCH3 is 1. The Bertz CT molecular complexity index is 1490. The van der Waals surface area contributed by atoms with Crippen molar-refractivity contribution in [3.05, 3.63) is 47.5 Å². The summed E-state index contributed by atoms with van der Waals surface area (Å²) in [5.74, 6) is -0.973. The monoisotopic (exact) mass is 512 g/mol. The Morgan fingerprint density at radius 1 is 1.11 bits per heavy atom. The van der Waals surface area contributed by atoms with Gasteiger partial charge in [0.05, 0.1) is 24.1 Å². The number of carbonyl (C=O) groups is 2. The first-order chi connectivity index (χ1) is 17.5. The number of carbonyl (C=O) groups excluding carboxylic acids is 2. The third-order valence-electron chi connectivity index (χ3n) is 5.22. The van der Waals surface area contributed by atoms with Crippen LogP contribution in [-0.4, -0.2) is 52.2 Å². The van der Waals surface area contributed by atoms with Gasteiger partial charge in [0.1, 0.15) is 16.8 Å². The van der Waals surface area contributed by atoms with Crippen molar-refractivity contribution < 1.29 is 27.9 Å². The number of benzene rings is 1. The Balaban J connectivity index is 1.53. The maximum atomic E-state index is 15.0. The molecule has 1 aromatic carbocycles. The van der Waals surface area contributed by atoms with Crippen LogP contribution >= 0.6 is 0 Å². The number of pyridine rings is 1. The highest BCUT2D eigenvalue weighted by molar-refractivity contribution is 6.13. The zero-order valence-corrected chi connectivity index (χ0v) is 21.5.